The summed E-state index contributed by atoms with van der Waals surface area (Å²) in [6.45, 7) is 7.27. The van der Waals surface area contributed by atoms with Crippen molar-refractivity contribution >= 4 is 5.91 Å². The van der Waals surface area contributed by atoms with Crippen LogP contribution in [-0.2, 0) is 4.79 Å². The van der Waals surface area contributed by atoms with Crippen LogP contribution in [0, 0.1) is 23.2 Å². The van der Waals surface area contributed by atoms with Crippen LogP contribution in [0.4, 0.5) is 13.2 Å². The topological polar surface area (TPSA) is 20.3 Å². The Kier molecular flexibility index (Phi) is 3.69. The first kappa shape index (κ1) is 16.6. The zero-order chi connectivity index (χ0) is 17.2. The molecule has 1 aliphatic heterocycles. The van der Waals surface area contributed by atoms with E-state index in [1.807, 2.05) is 26.8 Å². The van der Waals surface area contributed by atoms with Crippen molar-refractivity contribution in [2.75, 3.05) is 6.54 Å². The van der Waals surface area contributed by atoms with Crippen LogP contribution in [-0.4, -0.2) is 29.6 Å². The third kappa shape index (κ3) is 2.52. The fourth-order valence-corrected chi connectivity index (χ4v) is 3.90. The highest BCUT2D eigenvalue weighted by molar-refractivity contribution is 5.88. The molecule has 0 aromatic rings. The van der Waals surface area contributed by atoms with Crippen LogP contribution in [0.25, 0.3) is 0 Å². The number of carbonyl (C=O) groups is 1. The second-order valence-corrected chi connectivity index (χ2v) is 7.78. The zero-order valence-electron chi connectivity index (χ0n) is 14.1. The van der Waals surface area contributed by atoms with Gasteiger partial charge in [-0.2, -0.15) is 13.2 Å². The minimum atomic E-state index is -4.44. The van der Waals surface area contributed by atoms with Crippen molar-refractivity contribution in [1.82, 2.24) is 4.90 Å². The Balaban J connectivity index is 2.02. The Morgan fingerprint density at radius 2 is 1.87 bits per heavy atom. The fraction of sp³-hybridized carbons (Fsp3) is 0.722. The van der Waals surface area contributed by atoms with E-state index in [1.54, 1.807) is 4.90 Å². The Bertz CT molecular complexity index is 586. The third-order valence-electron chi connectivity index (χ3n) is 5.75. The summed E-state index contributed by atoms with van der Waals surface area (Å²) in [5, 5.41) is 0. The van der Waals surface area contributed by atoms with Gasteiger partial charge >= 0.3 is 6.18 Å². The second kappa shape index (κ2) is 5.12. The molecule has 2 aliphatic carbocycles. The summed E-state index contributed by atoms with van der Waals surface area (Å²) < 4.78 is 41.5. The molecule has 1 heterocycles. The number of halogens is 3. The Morgan fingerprint density at radius 1 is 1.26 bits per heavy atom. The maximum absolute atomic E-state index is 13.8. The van der Waals surface area contributed by atoms with E-state index in [0.29, 0.717) is 23.6 Å². The van der Waals surface area contributed by atoms with Crippen LogP contribution in [0.5, 0.6) is 0 Å². The predicted octanol–water partition coefficient (Wildman–Crippen LogP) is 4.33. The molecule has 0 spiro atoms. The van der Waals surface area contributed by atoms with E-state index < -0.39 is 17.5 Å². The maximum atomic E-state index is 13.8. The number of alkyl halides is 3. The number of carbonyl (C=O) groups excluding carboxylic acids is 1. The summed E-state index contributed by atoms with van der Waals surface area (Å²) in [6, 6.07) is 0.0361. The van der Waals surface area contributed by atoms with Crippen LogP contribution in [0.3, 0.4) is 0 Å². The van der Waals surface area contributed by atoms with Gasteiger partial charge < -0.3 is 4.90 Å². The summed E-state index contributed by atoms with van der Waals surface area (Å²) in [4.78, 5) is 14.5. The molecule has 0 bridgehead atoms. The Labute approximate surface area is 135 Å². The molecule has 2 unspecified atom stereocenters. The molecule has 23 heavy (non-hydrogen) atoms. The van der Waals surface area contributed by atoms with E-state index in [-0.39, 0.29) is 17.9 Å². The molecule has 3 aliphatic rings. The van der Waals surface area contributed by atoms with E-state index in [9.17, 15) is 18.0 Å². The number of hydrogen-bond acceptors (Lipinski definition) is 1. The van der Waals surface area contributed by atoms with Crippen LogP contribution in [0.15, 0.2) is 23.3 Å². The number of allylic oxidation sites excluding steroid dienone is 3. The molecule has 0 aromatic carbocycles. The van der Waals surface area contributed by atoms with Gasteiger partial charge in [0.05, 0.1) is 11.3 Å². The van der Waals surface area contributed by atoms with Gasteiger partial charge in [0.25, 0.3) is 0 Å². The summed E-state index contributed by atoms with van der Waals surface area (Å²) in [5.74, 6) is -0.981. The number of nitrogens with zero attached hydrogens (tertiary/aromatic N) is 1. The van der Waals surface area contributed by atoms with Gasteiger partial charge in [-0.25, -0.2) is 0 Å². The Morgan fingerprint density at radius 3 is 2.35 bits per heavy atom. The number of likely N-dealkylation sites (tertiary alicyclic amines) is 1. The number of amides is 1. The van der Waals surface area contributed by atoms with Gasteiger partial charge in [0.15, 0.2) is 0 Å². The molecule has 3 atom stereocenters. The normalized spacial score (nSPS) is 32.8. The molecule has 0 aromatic heterocycles. The summed E-state index contributed by atoms with van der Waals surface area (Å²) >= 11 is 0. The first-order chi connectivity index (χ1) is 10.6. The number of rotatable bonds is 3. The molecule has 2 fully saturated rings. The first-order valence-corrected chi connectivity index (χ1v) is 8.36. The minimum absolute atomic E-state index is 0.00938. The van der Waals surface area contributed by atoms with Crippen LogP contribution in [0.1, 0.15) is 40.5 Å². The standard InChI is InChI=1S/C18H24F3NO/c1-10(2)13-7-14-9-22(11(3)12-5-6-12)16(23)15(14)17(4,8-13)18(19,20)21/h7-8,10-12,15H,5-6,9H2,1-4H3/t11-,15?,17?/m0/s1. The highest BCUT2D eigenvalue weighted by atomic mass is 19.4. The van der Waals surface area contributed by atoms with Gasteiger partial charge in [-0.15, -0.1) is 0 Å². The van der Waals surface area contributed by atoms with Crippen molar-refractivity contribution in [2.24, 2.45) is 23.2 Å². The van der Waals surface area contributed by atoms with Gasteiger partial charge in [0, 0.05) is 12.6 Å². The van der Waals surface area contributed by atoms with Gasteiger partial charge in [0.1, 0.15) is 0 Å². The summed E-state index contributed by atoms with van der Waals surface area (Å²) in [5.41, 5.74) is -0.787. The zero-order valence-corrected chi connectivity index (χ0v) is 14.1. The van der Waals surface area contributed by atoms with Crippen molar-refractivity contribution in [3.05, 3.63) is 23.3 Å². The Hall–Kier alpha value is -1.26. The van der Waals surface area contributed by atoms with Gasteiger partial charge in [-0.05, 0) is 49.7 Å². The monoisotopic (exact) mass is 327 g/mol. The summed E-state index contributed by atoms with van der Waals surface area (Å²) in [7, 11) is 0. The van der Waals surface area contributed by atoms with Crippen LogP contribution in [0.2, 0.25) is 0 Å². The average Bonchev–Trinajstić information content (AvgIpc) is 3.21. The molecule has 1 amide bonds. The lowest BCUT2D eigenvalue weighted by atomic mass is 9.68. The molecule has 1 saturated heterocycles. The molecule has 3 rings (SSSR count). The molecule has 5 heteroatoms. The van der Waals surface area contributed by atoms with Crippen LogP contribution < -0.4 is 0 Å². The van der Waals surface area contributed by atoms with Crippen LogP contribution >= 0.6 is 0 Å². The highest BCUT2D eigenvalue weighted by Crippen LogP contribution is 2.54. The largest absolute Gasteiger partial charge is 0.398 e. The SMILES string of the molecule is CC(C)C1=CC(C)(C(F)(F)F)C2C(=O)N([C@@H](C)C3CC3)CC2=C1. The lowest BCUT2D eigenvalue weighted by molar-refractivity contribution is -0.214. The molecule has 0 radical (unpaired) electrons. The highest BCUT2D eigenvalue weighted by Gasteiger charge is 2.62. The van der Waals surface area contributed by atoms with E-state index in [1.165, 1.54) is 13.0 Å². The van der Waals surface area contributed by atoms with Crippen molar-refractivity contribution < 1.29 is 18.0 Å². The lowest BCUT2D eigenvalue weighted by Crippen LogP contribution is -2.47. The quantitative estimate of drug-likeness (QED) is 0.755. The van der Waals surface area contributed by atoms with Crippen molar-refractivity contribution in [1.29, 1.82) is 0 Å². The third-order valence-corrected chi connectivity index (χ3v) is 5.75. The number of fused-ring (bicyclic) bond motifs is 1. The molecular formula is C18H24F3NO. The number of hydrogen-bond donors (Lipinski definition) is 0. The molecule has 128 valence electrons. The van der Waals surface area contributed by atoms with Gasteiger partial charge in [-0.3, -0.25) is 4.79 Å². The van der Waals surface area contributed by atoms with Crippen molar-refractivity contribution in [2.45, 2.75) is 52.8 Å². The average molecular weight is 327 g/mol. The molecule has 2 nitrogen and oxygen atoms in total. The fourth-order valence-electron chi connectivity index (χ4n) is 3.90. The predicted molar refractivity (Wildman–Crippen MR) is 82.6 cm³/mol. The molecule has 1 saturated carbocycles. The first-order valence-electron chi connectivity index (χ1n) is 8.36. The lowest BCUT2D eigenvalue weighted by Gasteiger charge is -2.38. The van der Waals surface area contributed by atoms with Crippen molar-refractivity contribution in [3.63, 3.8) is 0 Å². The van der Waals surface area contributed by atoms with E-state index in [4.69, 9.17) is 0 Å². The van der Waals surface area contributed by atoms with E-state index >= 15 is 0 Å². The smallest absolute Gasteiger partial charge is 0.335 e. The minimum Gasteiger partial charge on any atom is -0.335 e. The summed E-state index contributed by atoms with van der Waals surface area (Å²) in [6.07, 6.45) is 0.822. The molecular weight excluding hydrogens is 303 g/mol. The maximum Gasteiger partial charge on any atom is 0.398 e. The second-order valence-electron chi connectivity index (χ2n) is 7.78. The molecule has 0 N–H and O–H groups in total. The van der Waals surface area contributed by atoms with E-state index in [0.717, 1.165) is 12.8 Å². The van der Waals surface area contributed by atoms with Gasteiger partial charge in [-0.1, -0.05) is 26.0 Å². The van der Waals surface area contributed by atoms with E-state index in [2.05, 4.69) is 0 Å². The van der Waals surface area contributed by atoms with Gasteiger partial charge in [0.2, 0.25) is 5.91 Å². The van der Waals surface area contributed by atoms with Crippen molar-refractivity contribution in [3.8, 4) is 0 Å².